The van der Waals surface area contributed by atoms with E-state index in [-0.39, 0.29) is 149 Å². The van der Waals surface area contributed by atoms with E-state index in [1.54, 1.807) is 18.0 Å². The van der Waals surface area contributed by atoms with E-state index < -0.39 is 0 Å². The molecule has 3 atom stereocenters. The van der Waals surface area contributed by atoms with E-state index in [4.69, 9.17) is 44.2 Å². The number of thioether (sulfide) groups is 1. The van der Waals surface area contributed by atoms with E-state index >= 15 is 0 Å². The second-order valence-corrected chi connectivity index (χ2v) is 18.4. The third-order valence-corrected chi connectivity index (χ3v) is 14.1. The largest absolute Gasteiger partial charge is 1.00 e. The molecule has 2 aromatic carbocycles. The zero-order valence-corrected chi connectivity index (χ0v) is 45.4. The number of hydrogen-bond donors (Lipinski definition) is 2. The Bertz CT molecular complexity index is 1620. The van der Waals surface area contributed by atoms with Gasteiger partial charge in [0.25, 0.3) is 6.47 Å². The van der Waals surface area contributed by atoms with E-state index in [0.717, 1.165) is 52.6 Å². The van der Waals surface area contributed by atoms with Crippen LogP contribution >= 0.6 is 47.4 Å². The Labute approximate surface area is 476 Å². The van der Waals surface area contributed by atoms with Crippen molar-refractivity contribution in [2.24, 2.45) is 20.3 Å². The topological polar surface area (TPSA) is 158 Å². The number of hydrogen-bond acceptors (Lipinski definition) is 13. The summed E-state index contributed by atoms with van der Waals surface area (Å²) in [7, 11) is -0.0432. The minimum absolute atomic E-state index is 0. The molecule has 61 heavy (non-hydrogen) atoms. The predicted molar refractivity (Wildman–Crippen MR) is 253 cm³/mol. The molecule has 0 spiro atoms. The Balaban J connectivity index is -0.000000842. The van der Waals surface area contributed by atoms with Gasteiger partial charge in [-0.25, -0.2) is 0 Å². The number of halogens is 3. The summed E-state index contributed by atoms with van der Waals surface area (Å²) in [5.41, 5.74) is 8.57. The van der Waals surface area contributed by atoms with Crippen molar-refractivity contribution in [2.45, 2.75) is 110 Å². The van der Waals surface area contributed by atoms with Gasteiger partial charge in [0.1, 0.15) is 11.7 Å². The Morgan fingerprint density at radius 2 is 1.36 bits per heavy atom. The van der Waals surface area contributed by atoms with Crippen LogP contribution in [0.4, 0.5) is 0 Å². The van der Waals surface area contributed by atoms with Crippen LogP contribution in [-0.4, -0.2) is 114 Å². The van der Waals surface area contributed by atoms with Gasteiger partial charge in [0, 0.05) is 47.3 Å². The van der Waals surface area contributed by atoms with Gasteiger partial charge in [-0.2, -0.15) is 21.4 Å². The zero-order valence-electron chi connectivity index (χ0n) is 36.1. The molecule has 5 aliphatic rings. The Morgan fingerprint density at radius 3 is 1.75 bits per heavy atom. The van der Waals surface area contributed by atoms with Crippen molar-refractivity contribution in [2.75, 3.05) is 56.9 Å². The molecule has 334 valence electrons. The Morgan fingerprint density at radius 1 is 0.902 bits per heavy atom. The first-order chi connectivity index (χ1) is 27.2. The molecule has 19 heteroatoms. The number of nitrogens with two attached hydrogens (primary N) is 1. The smallest absolute Gasteiger partial charge is 1.00 e. The molecule has 12 nitrogen and oxygen atoms in total. The average Bonchev–Trinajstić information content (AvgIpc) is 4.00. The average molecular weight is 996 g/mol. The quantitative estimate of drug-likeness (QED) is 0.124. The Kier molecular flexibility index (Phi) is 38.6. The van der Waals surface area contributed by atoms with Gasteiger partial charge in [0.15, 0.2) is 0 Å². The fourth-order valence-corrected chi connectivity index (χ4v) is 10.3. The van der Waals surface area contributed by atoms with Crippen LogP contribution in [-0.2, 0) is 33.2 Å². The molecule has 4 fully saturated rings. The number of rotatable bonds is 9. The van der Waals surface area contributed by atoms with Crippen molar-refractivity contribution in [3.63, 3.8) is 0 Å². The molecule has 5 aliphatic heterocycles. The SMILES string of the molecule is C.C.CSCS(C)=NC#N.Cl.Clc1ccc(C[C@H]2CCCN2C2CCNCC2)cc1.NC1=NN=C(N2CCC(N3CCC[C@@H]3Cc3ccc(Cl)cc3)CC2)C1.O=CO[O-].[H-].[K+].[K+]. The van der Waals surface area contributed by atoms with Gasteiger partial charge < -0.3 is 27.5 Å². The minimum Gasteiger partial charge on any atom is -1.00 e. The number of likely N-dealkylation sites (tertiary alicyclic amines) is 3. The van der Waals surface area contributed by atoms with Crippen LogP contribution in [0.25, 0.3) is 0 Å². The third-order valence-electron chi connectivity index (χ3n) is 10.8. The second-order valence-electron chi connectivity index (χ2n) is 14.6. The van der Waals surface area contributed by atoms with E-state index in [9.17, 15) is 0 Å². The van der Waals surface area contributed by atoms with E-state index in [0.29, 0.717) is 24.3 Å². The summed E-state index contributed by atoms with van der Waals surface area (Å²) in [6.07, 6.45) is 19.2. The van der Waals surface area contributed by atoms with E-state index in [1.165, 1.54) is 95.1 Å². The number of benzene rings is 2. The molecule has 0 aromatic heterocycles. The van der Waals surface area contributed by atoms with Crippen LogP contribution in [0.3, 0.4) is 0 Å². The van der Waals surface area contributed by atoms with Gasteiger partial charge in [0.05, 0.1) is 11.5 Å². The molecule has 4 saturated heterocycles. The fourth-order valence-electron chi connectivity index (χ4n) is 8.29. The summed E-state index contributed by atoms with van der Waals surface area (Å²) < 4.78 is 3.63. The molecule has 0 bridgehead atoms. The third kappa shape index (κ3) is 23.4. The first-order valence-corrected chi connectivity index (χ1v) is 23.4. The molecule has 7 rings (SSSR count). The molecule has 0 amide bonds. The normalized spacial score (nSPS) is 20.5. The maximum atomic E-state index is 8.64. The summed E-state index contributed by atoms with van der Waals surface area (Å²) in [5, 5.41) is 30.8. The summed E-state index contributed by atoms with van der Waals surface area (Å²) in [6, 6.07) is 19.6. The van der Waals surface area contributed by atoms with E-state index in [2.05, 4.69) is 63.7 Å². The van der Waals surface area contributed by atoms with Crippen molar-refractivity contribution >= 4 is 76.2 Å². The number of piperidine rings is 2. The Hall–Kier alpha value is 0.823. The predicted octanol–water partition coefficient (Wildman–Crippen LogP) is 1.45. The number of carbonyl (C=O) groups excluding carboxylic acids is 1. The number of carbonyl (C=O) groups is 1. The summed E-state index contributed by atoms with van der Waals surface area (Å²) in [5.74, 6) is 1.69. The first kappa shape index (κ1) is 63.9. The van der Waals surface area contributed by atoms with E-state index in [1.807, 2.05) is 36.8 Å². The van der Waals surface area contributed by atoms with Crippen LogP contribution in [0, 0.1) is 11.5 Å². The number of nitrogens with zero attached hydrogens (tertiary/aromatic N) is 7. The van der Waals surface area contributed by atoms with Gasteiger partial charge >= 0.3 is 103 Å². The molecular formula is C42H68Cl3K2N9O3S2. The van der Waals surface area contributed by atoms with Crippen LogP contribution in [0.2, 0.25) is 10.0 Å². The summed E-state index contributed by atoms with van der Waals surface area (Å²) in [4.78, 5) is 19.1. The number of nitriles is 1. The van der Waals surface area contributed by atoms with Gasteiger partial charge in [0.2, 0.25) is 6.19 Å². The van der Waals surface area contributed by atoms with Crippen molar-refractivity contribution in [1.29, 1.82) is 5.26 Å². The monoisotopic (exact) mass is 993 g/mol. The molecule has 0 aliphatic carbocycles. The number of nitrogens with one attached hydrogen (secondary N) is 1. The van der Waals surface area contributed by atoms with Gasteiger partial charge in [-0.1, -0.05) is 73.0 Å². The molecule has 2 aromatic rings. The maximum Gasteiger partial charge on any atom is 1.00 e. The van der Waals surface area contributed by atoms with Crippen LogP contribution < -0.4 is 119 Å². The van der Waals surface area contributed by atoms with Gasteiger partial charge in [-0.3, -0.25) is 14.6 Å². The van der Waals surface area contributed by atoms with Crippen LogP contribution in [0.5, 0.6) is 0 Å². The maximum absolute atomic E-state index is 8.64. The standard InChI is InChI=1S/C19H26ClN5.C16H23ClN2.C4H8N2S2.CH2O3.2CH4.ClH.2K.H/c20-15-5-3-14(4-6-15)12-17-2-1-9-25(17)16-7-10-24(11-8-16)19-13-18(21)22-23-19;17-14-5-3-13(4-6-14)12-16-2-1-11-19(16)15-7-9-18-10-8-15;1-7-4-8(2)6-3-5;2-1-4-3;;;;;;/h3-6,16-17H,1-2,7-13H2,(H2,21,22);3-6,15-16,18H,1-2,7-12H2;4H2,1-2H3;1,3H;2*1H4;1H;;;/q;;;;;;;2*+1;-1/p-1/t17-;16-;;;;;;;;/m11......../s1. The molecule has 1 unspecified atom stereocenters. The minimum atomic E-state index is -0.181. The van der Waals surface area contributed by atoms with Gasteiger partial charge in [-0.15, -0.1) is 22.6 Å². The van der Waals surface area contributed by atoms with Crippen LogP contribution in [0.1, 0.15) is 85.2 Å². The van der Waals surface area contributed by atoms with Crippen LogP contribution in [0.15, 0.2) is 63.1 Å². The number of amidine groups is 2. The zero-order chi connectivity index (χ0) is 40.1. The van der Waals surface area contributed by atoms with Gasteiger partial charge in [-0.05, 0) is 138 Å². The summed E-state index contributed by atoms with van der Waals surface area (Å²) in [6.45, 7) is 6.86. The molecule has 5 heterocycles. The molecule has 0 radical (unpaired) electrons. The molecular weight excluding hydrogens is 927 g/mol. The summed E-state index contributed by atoms with van der Waals surface area (Å²) >= 11 is 13.7. The van der Waals surface area contributed by atoms with Crippen molar-refractivity contribution in [1.82, 2.24) is 20.0 Å². The van der Waals surface area contributed by atoms with Crippen molar-refractivity contribution in [3.05, 3.63) is 69.7 Å². The molecule has 3 N–H and O–H groups in total. The molecule has 0 saturated carbocycles. The van der Waals surface area contributed by atoms with Crippen molar-refractivity contribution in [3.8, 4) is 6.19 Å². The first-order valence-electron chi connectivity index (χ1n) is 19.5. The second kappa shape index (κ2) is 36.9. The van der Waals surface area contributed by atoms with Crippen molar-refractivity contribution < 1.29 is 119 Å². The fraction of sp³-hybridized carbons (Fsp3) is 0.619.